The second-order valence-corrected chi connectivity index (χ2v) is 4.77. The van der Waals surface area contributed by atoms with E-state index in [0.717, 1.165) is 12.0 Å². The number of aryl methyl sites for hydroxylation is 1. The zero-order valence-corrected chi connectivity index (χ0v) is 10.4. The van der Waals surface area contributed by atoms with E-state index < -0.39 is 0 Å². The summed E-state index contributed by atoms with van der Waals surface area (Å²) in [5, 5.41) is 0. The molecule has 0 radical (unpaired) electrons. The monoisotopic (exact) mass is 226 g/mol. The summed E-state index contributed by atoms with van der Waals surface area (Å²) >= 11 is 0. The zero-order chi connectivity index (χ0) is 12.3. The highest BCUT2D eigenvalue weighted by Gasteiger charge is 2.23. The first-order valence-electron chi connectivity index (χ1n) is 5.83. The van der Waals surface area contributed by atoms with Crippen LogP contribution in [0.3, 0.4) is 0 Å². The Kier molecular flexibility index (Phi) is 3.25. The third-order valence-electron chi connectivity index (χ3n) is 3.07. The molecule has 0 aliphatic carbocycles. The molecule has 88 valence electrons. The maximum absolute atomic E-state index is 6.43. The number of rotatable bonds is 3. The summed E-state index contributed by atoms with van der Waals surface area (Å²) in [6.07, 6.45) is 4.50. The Labute approximate surface area is 103 Å². The van der Waals surface area contributed by atoms with E-state index in [-0.39, 0.29) is 5.54 Å². The largest absolute Gasteiger partial charge is 0.321 e. The molecule has 2 nitrogen and oxygen atoms in total. The molecule has 2 heteroatoms. The smallest absolute Gasteiger partial charge is 0.0439 e. The molecule has 0 bridgehead atoms. The lowest BCUT2D eigenvalue weighted by Gasteiger charge is -2.26. The molecule has 2 N–H and O–H groups in total. The number of hydrogen-bond acceptors (Lipinski definition) is 2. The third-order valence-corrected chi connectivity index (χ3v) is 3.07. The van der Waals surface area contributed by atoms with Gasteiger partial charge in [-0.1, -0.05) is 30.3 Å². The Morgan fingerprint density at radius 1 is 1.18 bits per heavy atom. The fourth-order valence-electron chi connectivity index (χ4n) is 2.18. The minimum Gasteiger partial charge on any atom is -0.321 e. The summed E-state index contributed by atoms with van der Waals surface area (Å²) in [4.78, 5) is 4.17. The fraction of sp³-hybridized carbons (Fsp3) is 0.267. The number of nitrogens with two attached hydrogens (primary N) is 1. The van der Waals surface area contributed by atoms with Crippen LogP contribution in [0, 0.1) is 6.92 Å². The van der Waals surface area contributed by atoms with Gasteiger partial charge >= 0.3 is 0 Å². The van der Waals surface area contributed by atoms with Crippen LogP contribution in [0.1, 0.15) is 23.6 Å². The molecule has 1 aromatic carbocycles. The molecule has 1 unspecified atom stereocenters. The molecule has 0 saturated carbocycles. The van der Waals surface area contributed by atoms with Crippen LogP contribution in [0.5, 0.6) is 0 Å². The van der Waals surface area contributed by atoms with Gasteiger partial charge in [0.2, 0.25) is 0 Å². The number of aromatic nitrogens is 1. The van der Waals surface area contributed by atoms with E-state index in [2.05, 4.69) is 31.0 Å². The highest BCUT2D eigenvalue weighted by Crippen LogP contribution is 2.24. The van der Waals surface area contributed by atoms with Gasteiger partial charge in [0.15, 0.2) is 0 Å². The van der Waals surface area contributed by atoms with Crippen molar-refractivity contribution in [1.29, 1.82) is 0 Å². The SMILES string of the molecule is Cc1ccncc1C(C)(N)Cc1ccccc1. The topological polar surface area (TPSA) is 38.9 Å². The minimum absolute atomic E-state index is 0.375. The standard InChI is InChI=1S/C15H18N2/c1-12-8-9-17-11-14(12)15(2,16)10-13-6-4-3-5-7-13/h3-9,11H,10,16H2,1-2H3. The Morgan fingerprint density at radius 3 is 2.53 bits per heavy atom. The van der Waals surface area contributed by atoms with Crippen LogP contribution in [0.15, 0.2) is 48.8 Å². The maximum atomic E-state index is 6.43. The zero-order valence-electron chi connectivity index (χ0n) is 10.4. The lowest BCUT2D eigenvalue weighted by atomic mass is 9.85. The van der Waals surface area contributed by atoms with Crippen molar-refractivity contribution in [3.8, 4) is 0 Å². The van der Waals surface area contributed by atoms with E-state index in [9.17, 15) is 0 Å². The molecule has 0 fully saturated rings. The number of hydrogen-bond donors (Lipinski definition) is 1. The molecular weight excluding hydrogens is 208 g/mol. The minimum atomic E-state index is -0.375. The van der Waals surface area contributed by atoms with Crippen molar-refractivity contribution in [2.24, 2.45) is 5.73 Å². The Balaban J connectivity index is 2.28. The third kappa shape index (κ3) is 2.71. The summed E-state index contributed by atoms with van der Waals surface area (Å²) in [5.41, 5.74) is 9.62. The molecule has 2 aromatic rings. The van der Waals surface area contributed by atoms with Crippen LogP contribution in [0.2, 0.25) is 0 Å². The van der Waals surface area contributed by atoms with E-state index in [1.54, 1.807) is 6.20 Å². The van der Waals surface area contributed by atoms with Gasteiger partial charge in [0, 0.05) is 17.9 Å². The molecule has 1 aromatic heterocycles. The number of benzene rings is 1. The average molecular weight is 226 g/mol. The first kappa shape index (κ1) is 11.8. The molecule has 0 aliphatic heterocycles. The normalized spacial score (nSPS) is 14.3. The lowest BCUT2D eigenvalue weighted by molar-refractivity contribution is 0.486. The van der Waals surface area contributed by atoms with Crippen molar-refractivity contribution in [3.05, 3.63) is 65.5 Å². The van der Waals surface area contributed by atoms with E-state index in [1.807, 2.05) is 30.5 Å². The predicted octanol–water partition coefficient (Wildman–Crippen LogP) is 2.81. The van der Waals surface area contributed by atoms with Crippen molar-refractivity contribution in [1.82, 2.24) is 4.98 Å². The molecule has 0 saturated heterocycles. The van der Waals surface area contributed by atoms with E-state index in [4.69, 9.17) is 5.73 Å². The first-order chi connectivity index (χ1) is 8.09. The molecule has 0 aliphatic rings. The van der Waals surface area contributed by atoms with Crippen LogP contribution in [0.4, 0.5) is 0 Å². The van der Waals surface area contributed by atoms with Gasteiger partial charge in [-0.2, -0.15) is 0 Å². The molecule has 0 amide bonds. The molecule has 2 rings (SSSR count). The highest BCUT2D eigenvalue weighted by molar-refractivity contribution is 5.31. The molecular formula is C15H18N2. The van der Waals surface area contributed by atoms with Gasteiger partial charge in [-0.25, -0.2) is 0 Å². The number of pyridine rings is 1. The Bertz CT molecular complexity index is 489. The fourth-order valence-corrected chi connectivity index (χ4v) is 2.18. The van der Waals surface area contributed by atoms with E-state index >= 15 is 0 Å². The van der Waals surface area contributed by atoms with Crippen LogP contribution in [-0.4, -0.2) is 4.98 Å². The highest BCUT2D eigenvalue weighted by atomic mass is 14.7. The van der Waals surface area contributed by atoms with E-state index in [1.165, 1.54) is 11.1 Å². The quantitative estimate of drug-likeness (QED) is 0.874. The van der Waals surface area contributed by atoms with Crippen molar-refractivity contribution >= 4 is 0 Å². The van der Waals surface area contributed by atoms with Crippen molar-refractivity contribution in [2.45, 2.75) is 25.8 Å². The van der Waals surface area contributed by atoms with Crippen molar-refractivity contribution in [3.63, 3.8) is 0 Å². The maximum Gasteiger partial charge on any atom is 0.0439 e. The second kappa shape index (κ2) is 4.68. The van der Waals surface area contributed by atoms with Gasteiger partial charge in [0.25, 0.3) is 0 Å². The van der Waals surface area contributed by atoms with Gasteiger partial charge < -0.3 is 5.73 Å². The van der Waals surface area contributed by atoms with Gasteiger partial charge in [0.1, 0.15) is 0 Å². The summed E-state index contributed by atoms with van der Waals surface area (Å²) < 4.78 is 0. The van der Waals surface area contributed by atoms with Crippen molar-refractivity contribution < 1.29 is 0 Å². The van der Waals surface area contributed by atoms with Gasteiger partial charge in [0.05, 0.1) is 0 Å². The Hall–Kier alpha value is -1.67. The van der Waals surface area contributed by atoms with Crippen LogP contribution in [-0.2, 0) is 12.0 Å². The molecule has 0 spiro atoms. The molecule has 1 atom stereocenters. The first-order valence-corrected chi connectivity index (χ1v) is 5.83. The summed E-state index contributed by atoms with van der Waals surface area (Å²) in [6.45, 7) is 4.14. The molecule has 17 heavy (non-hydrogen) atoms. The molecule has 1 heterocycles. The van der Waals surface area contributed by atoms with Crippen LogP contribution >= 0.6 is 0 Å². The van der Waals surface area contributed by atoms with Crippen molar-refractivity contribution in [2.75, 3.05) is 0 Å². The second-order valence-electron chi connectivity index (χ2n) is 4.77. The van der Waals surface area contributed by atoms with E-state index in [0.29, 0.717) is 0 Å². The van der Waals surface area contributed by atoms with Gasteiger partial charge in [-0.3, -0.25) is 4.98 Å². The summed E-state index contributed by atoms with van der Waals surface area (Å²) in [7, 11) is 0. The van der Waals surface area contributed by atoms with Gasteiger partial charge in [-0.05, 0) is 43.0 Å². The summed E-state index contributed by atoms with van der Waals surface area (Å²) in [5.74, 6) is 0. The van der Waals surface area contributed by atoms with Crippen LogP contribution in [0.25, 0.3) is 0 Å². The van der Waals surface area contributed by atoms with Gasteiger partial charge in [-0.15, -0.1) is 0 Å². The average Bonchev–Trinajstić information content (AvgIpc) is 2.30. The predicted molar refractivity (Wildman–Crippen MR) is 70.7 cm³/mol. The number of nitrogens with zero attached hydrogens (tertiary/aromatic N) is 1. The Morgan fingerprint density at radius 2 is 1.88 bits per heavy atom. The lowest BCUT2D eigenvalue weighted by Crippen LogP contribution is -2.36. The summed E-state index contributed by atoms with van der Waals surface area (Å²) in [6, 6.07) is 12.3. The van der Waals surface area contributed by atoms with Crippen LogP contribution < -0.4 is 5.73 Å².